The summed E-state index contributed by atoms with van der Waals surface area (Å²) in [5.74, 6) is -0.0818. The van der Waals surface area contributed by atoms with E-state index in [-0.39, 0.29) is 11.9 Å². The van der Waals surface area contributed by atoms with Gasteiger partial charge in [0.25, 0.3) is 0 Å². The molecule has 1 aromatic carbocycles. The minimum absolute atomic E-state index is 0.0818. The van der Waals surface area contributed by atoms with E-state index in [1.54, 1.807) is 12.1 Å². The maximum Gasteiger partial charge on any atom is 0.237 e. The Balaban J connectivity index is 1.78. The molecule has 2 rings (SSSR count). The first-order chi connectivity index (χ1) is 9.06. The SMILES string of the molecule is O=C(NCCc1ccc(Cl)cc1Cl)C1CC(O)CN1. The number of nitrogens with one attached hydrogen (secondary N) is 2. The van der Waals surface area contributed by atoms with Gasteiger partial charge in [0.15, 0.2) is 0 Å². The zero-order chi connectivity index (χ0) is 13.8. The van der Waals surface area contributed by atoms with E-state index in [2.05, 4.69) is 10.6 Å². The summed E-state index contributed by atoms with van der Waals surface area (Å²) in [5, 5.41) is 16.3. The Hall–Kier alpha value is -0.810. The summed E-state index contributed by atoms with van der Waals surface area (Å²) in [5.41, 5.74) is 0.950. The van der Waals surface area contributed by atoms with E-state index in [0.717, 1.165) is 5.56 Å². The molecular formula is C13H16Cl2N2O2. The molecule has 2 unspecified atom stereocenters. The fraction of sp³-hybridized carbons (Fsp3) is 0.462. The largest absolute Gasteiger partial charge is 0.392 e. The second-order valence-corrected chi connectivity index (χ2v) is 5.47. The number of aliphatic hydroxyl groups excluding tert-OH is 1. The van der Waals surface area contributed by atoms with Gasteiger partial charge in [-0.2, -0.15) is 0 Å². The highest BCUT2D eigenvalue weighted by molar-refractivity contribution is 6.35. The van der Waals surface area contributed by atoms with Crippen LogP contribution in [0.5, 0.6) is 0 Å². The molecule has 0 spiro atoms. The molecule has 1 aliphatic rings. The van der Waals surface area contributed by atoms with E-state index in [1.807, 2.05) is 6.07 Å². The van der Waals surface area contributed by atoms with Gasteiger partial charge in [0.1, 0.15) is 0 Å². The minimum Gasteiger partial charge on any atom is -0.392 e. The summed E-state index contributed by atoms with van der Waals surface area (Å²) in [7, 11) is 0. The van der Waals surface area contributed by atoms with Gasteiger partial charge in [-0.1, -0.05) is 29.3 Å². The Morgan fingerprint density at radius 1 is 1.47 bits per heavy atom. The standard InChI is InChI=1S/C13H16Cl2N2O2/c14-9-2-1-8(11(15)5-9)3-4-16-13(19)12-6-10(18)7-17-12/h1-2,5,10,12,17-18H,3-4,6-7H2,(H,16,19). The van der Waals surface area contributed by atoms with Crippen LogP contribution in [-0.2, 0) is 11.2 Å². The molecule has 6 heteroatoms. The predicted octanol–water partition coefficient (Wildman–Crippen LogP) is 1.37. The van der Waals surface area contributed by atoms with Crippen molar-refractivity contribution in [2.24, 2.45) is 0 Å². The van der Waals surface area contributed by atoms with Crippen molar-refractivity contribution >= 4 is 29.1 Å². The van der Waals surface area contributed by atoms with E-state index >= 15 is 0 Å². The lowest BCUT2D eigenvalue weighted by atomic mass is 10.1. The normalized spacial score (nSPS) is 22.5. The van der Waals surface area contributed by atoms with Crippen LogP contribution in [-0.4, -0.2) is 36.2 Å². The first-order valence-corrected chi connectivity index (χ1v) is 6.95. The Bertz CT molecular complexity index is 468. The quantitative estimate of drug-likeness (QED) is 0.787. The van der Waals surface area contributed by atoms with Crippen LogP contribution >= 0.6 is 23.2 Å². The molecule has 0 aromatic heterocycles. The second kappa shape index (κ2) is 6.57. The van der Waals surface area contributed by atoms with Gasteiger partial charge >= 0.3 is 0 Å². The summed E-state index contributed by atoms with van der Waals surface area (Å²) in [6.07, 6.45) is 0.686. The van der Waals surface area contributed by atoms with E-state index < -0.39 is 6.10 Å². The summed E-state index contributed by atoms with van der Waals surface area (Å²) in [4.78, 5) is 11.8. The van der Waals surface area contributed by atoms with E-state index in [1.165, 1.54) is 0 Å². The van der Waals surface area contributed by atoms with Crippen molar-refractivity contribution in [1.82, 2.24) is 10.6 Å². The Morgan fingerprint density at radius 2 is 2.26 bits per heavy atom. The molecule has 104 valence electrons. The number of amides is 1. The minimum atomic E-state index is -0.429. The Kier molecular flexibility index (Phi) is 5.05. The molecular weight excluding hydrogens is 287 g/mol. The van der Waals surface area contributed by atoms with Gasteiger partial charge in [-0.3, -0.25) is 4.79 Å². The number of carbonyl (C=O) groups is 1. The monoisotopic (exact) mass is 302 g/mol. The molecule has 1 heterocycles. The van der Waals surface area contributed by atoms with Gasteiger partial charge in [0.2, 0.25) is 5.91 Å². The number of rotatable bonds is 4. The van der Waals surface area contributed by atoms with Gasteiger partial charge in [-0.25, -0.2) is 0 Å². The summed E-state index contributed by atoms with van der Waals surface area (Å²) >= 11 is 11.9. The lowest BCUT2D eigenvalue weighted by Crippen LogP contribution is -2.41. The maximum atomic E-state index is 11.8. The van der Waals surface area contributed by atoms with Gasteiger partial charge in [0.05, 0.1) is 12.1 Å². The molecule has 1 aromatic rings. The lowest BCUT2D eigenvalue weighted by molar-refractivity contribution is -0.122. The molecule has 0 radical (unpaired) electrons. The summed E-state index contributed by atoms with van der Waals surface area (Å²) < 4.78 is 0. The van der Waals surface area contributed by atoms with Crippen molar-refractivity contribution in [3.8, 4) is 0 Å². The zero-order valence-corrected chi connectivity index (χ0v) is 11.8. The molecule has 0 bridgehead atoms. The molecule has 2 atom stereocenters. The Morgan fingerprint density at radius 3 is 2.89 bits per heavy atom. The summed E-state index contributed by atoms with van der Waals surface area (Å²) in [6, 6.07) is 5.03. The highest BCUT2D eigenvalue weighted by atomic mass is 35.5. The topological polar surface area (TPSA) is 61.4 Å². The van der Waals surface area contributed by atoms with E-state index in [9.17, 15) is 9.90 Å². The molecule has 1 amide bonds. The van der Waals surface area contributed by atoms with Crippen LogP contribution in [0.2, 0.25) is 10.0 Å². The second-order valence-electron chi connectivity index (χ2n) is 4.63. The van der Waals surface area contributed by atoms with Crippen LogP contribution in [0.4, 0.5) is 0 Å². The fourth-order valence-electron chi connectivity index (χ4n) is 2.08. The van der Waals surface area contributed by atoms with Crippen LogP contribution in [0, 0.1) is 0 Å². The average Bonchev–Trinajstić information content (AvgIpc) is 2.78. The third-order valence-electron chi connectivity index (χ3n) is 3.13. The van der Waals surface area contributed by atoms with Crippen LogP contribution in [0.25, 0.3) is 0 Å². The van der Waals surface area contributed by atoms with Crippen LogP contribution in [0.1, 0.15) is 12.0 Å². The first-order valence-electron chi connectivity index (χ1n) is 6.19. The number of carbonyl (C=O) groups excluding carboxylic acids is 1. The molecule has 3 N–H and O–H groups in total. The zero-order valence-electron chi connectivity index (χ0n) is 10.3. The predicted molar refractivity (Wildman–Crippen MR) is 75.6 cm³/mol. The molecule has 1 fully saturated rings. The molecule has 0 saturated carbocycles. The number of hydrogen-bond acceptors (Lipinski definition) is 3. The third kappa shape index (κ3) is 4.08. The molecule has 0 aliphatic carbocycles. The number of hydrogen-bond donors (Lipinski definition) is 3. The van der Waals surface area contributed by atoms with Gasteiger partial charge in [-0.05, 0) is 30.5 Å². The van der Waals surface area contributed by atoms with Crippen LogP contribution in [0.3, 0.4) is 0 Å². The van der Waals surface area contributed by atoms with Crippen molar-refractivity contribution < 1.29 is 9.90 Å². The van der Waals surface area contributed by atoms with Gasteiger partial charge < -0.3 is 15.7 Å². The number of aliphatic hydroxyl groups is 1. The van der Waals surface area contributed by atoms with E-state index in [4.69, 9.17) is 23.2 Å². The van der Waals surface area contributed by atoms with Crippen molar-refractivity contribution in [3.05, 3.63) is 33.8 Å². The van der Waals surface area contributed by atoms with Crippen molar-refractivity contribution in [1.29, 1.82) is 0 Å². The fourth-order valence-corrected chi connectivity index (χ4v) is 2.59. The number of benzene rings is 1. The highest BCUT2D eigenvalue weighted by Gasteiger charge is 2.27. The van der Waals surface area contributed by atoms with Crippen LogP contribution < -0.4 is 10.6 Å². The van der Waals surface area contributed by atoms with Crippen molar-refractivity contribution in [3.63, 3.8) is 0 Å². The third-order valence-corrected chi connectivity index (χ3v) is 3.72. The van der Waals surface area contributed by atoms with Crippen molar-refractivity contribution in [2.75, 3.05) is 13.1 Å². The van der Waals surface area contributed by atoms with Crippen LogP contribution in [0.15, 0.2) is 18.2 Å². The molecule has 19 heavy (non-hydrogen) atoms. The highest BCUT2D eigenvalue weighted by Crippen LogP contribution is 2.21. The summed E-state index contributed by atoms with van der Waals surface area (Å²) in [6.45, 7) is 0.982. The first kappa shape index (κ1) is 14.6. The van der Waals surface area contributed by atoms with E-state index in [0.29, 0.717) is 36.0 Å². The van der Waals surface area contributed by atoms with Gasteiger partial charge in [0, 0.05) is 23.1 Å². The smallest absolute Gasteiger partial charge is 0.237 e. The lowest BCUT2D eigenvalue weighted by Gasteiger charge is -2.11. The number of halogens is 2. The van der Waals surface area contributed by atoms with Crippen molar-refractivity contribution in [2.45, 2.75) is 25.0 Å². The molecule has 1 aliphatic heterocycles. The molecule has 4 nitrogen and oxygen atoms in total. The average molecular weight is 303 g/mol. The number of β-amino-alcohol motifs (C(OH)–C–C–N with tert-alkyl or cyclic N) is 1. The maximum absolute atomic E-state index is 11.8. The Labute approximate surface area is 122 Å². The molecule has 1 saturated heterocycles. The van der Waals surface area contributed by atoms with Gasteiger partial charge in [-0.15, -0.1) is 0 Å².